The van der Waals surface area contributed by atoms with E-state index in [1.807, 2.05) is 0 Å². The van der Waals surface area contributed by atoms with Crippen molar-refractivity contribution in [3.8, 4) is 11.5 Å². The minimum atomic E-state index is -0.280. The van der Waals surface area contributed by atoms with Gasteiger partial charge in [0.25, 0.3) is 0 Å². The first-order valence-corrected chi connectivity index (χ1v) is 9.83. The van der Waals surface area contributed by atoms with Crippen LogP contribution in [0.2, 0.25) is 0 Å². The Morgan fingerprint density at radius 2 is 2.14 bits per heavy atom. The topological polar surface area (TPSA) is 117 Å². The summed E-state index contributed by atoms with van der Waals surface area (Å²) in [6, 6.07) is 3.18. The van der Waals surface area contributed by atoms with E-state index in [2.05, 4.69) is 20.8 Å². The number of thioether (sulfide) groups is 1. The fourth-order valence-electron chi connectivity index (χ4n) is 3.05. The van der Waals surface area contributed by atoms with E-state index in [0.717, 1.165) is 19.4 Å². The van der Waals surface area contributed by atoms with Crippen LogP contribution in [0.3, 0.4) is 0 Å². The SMILES string of the molecule is CC(=O)c1cc2c(cc1NC(=O)CSc1nnnn1C[C@H]1CCCO1)OCO2. The number of nitrogens with zero attached hydrogens (tertiary/aromatic N) is 4. The average molecular weight is 405 g/mol. The van der Waals surface area contributed by atoms with Gasteiger partial charge in [-0.05, 0) is 36.3 Å². The quantitative estimate of drug-likeness (QED) is 0.540. The molecule has 1 fully saturated rings. The summed E-state index contributed by atoms with van der Waals surface area (Å²) in [6.07, 6.45) is 2.11. The molecule has 148 valence electrons. The number of ketones is 1. The van der Waals surface area contributed by atoms with Crippen molar-refractivity contribution in [2.45, 2.75) is 37.6 Å². The van der Waals surface area contributed by atoms with Gasteiger partial charge in [0, 0.05) is 18.2 Å². The van der Waals surface area contributed by atoms with Crippen molar-refractivity contribution in [2.24, 2.45) is 0 Å². The number of anilines is 1. The summed E-state index contributed by atoms with van der Waals surface area (Å²) in [7, 11) is 0. The molecule has 1 aromatic heterocycles. The Bertz CT molecular complexity index is 896. The first-order valence-electron chi connectivity index (χ1n) is 8.85. The minimum absolute atomic E-state index is 0.0906. The molecule has 1 atom stereocenters. The smallest absolute Gasteiger partial charge is 0.234 e. The number of carbonyl (C=O) groups is 2. The second kappa shape index (κ2) is 8.15. The molecule has 10 nitrogen and oxygen atoms in total. The Kier molecular flexibility index (Phi) is 5.44. The van der Waals surface area contributed by atoms with E-state index in [0.29, 0.717) is 34.5 Å². The minimum Gasteiger partial charge on any atom is -0.454 e. The first-order chi connectivity index (χ1) is 13.6. The van der Waals surface area contributed by atoms with Crippen LogP contribution < -0.4 is 14.8 Å². The summed E-state index contributed by atoms with van der Waals surface area (Å²) in [5.41, 5.74) is 0.757. The first kappa shape index (κ1) is 18.7. The number of tetrazole rings is 1. The predicted molar refractivity (Wildman–Crippen MR) is 98.7 cm³/mol. The Morgan fingerprint density at radius 1 is 1.32 bits per heavy atom. The van der Waals surface area contributed by atoms with Crippen LogP contribution in [0.4, 0.5) is 5.69 Å². The average Bonchev–Trinajstić information content (AvgIpc) is 3.41. The highest BCUT2D eigenvalue weighted by molar-refractivity contribution is 7.99. The van der Waals surface area contributed by atoms with Gasteiger partial charge in [-0.15, -0.1) is 5.10 Å². The number of nitrogens with one attached hydrogen (secondary N) is 1. The third kappa shape index (κ3) is 4.09. The molecule has 0 radical (unpaired) electrons. The number of benzene rings is 1. The Labute approximate surface area is 164 Å². The lowest BCUT2D eigenvalue weighted by molar-refractivity contribution is -0.113. The van der Waals surface area contributed by atoms with E-state index in [-0.39, 0.29) is 30.3 Å². The summed E-state index contributed by atoms with van der Waals surface area (Å²) in [4.78, 5) is 24.3. The Hall–Kier alpha value is -2.66. The van der Waals surface area contributed by atoms with Crippen molar-refractivity contribution in [1.29, 1.82) is 0 Å². The molecule has 0 aliphatic carbocycles. The monoisotopic (exact) mass is 405 g/mol. The molecule has 0 spiro atoms. The molecule has 1 saturated heterocycles. The highest BCUT2D eigenvalue weighted by atomic mass is 32.2. The molecule has 1 aromatic carbocycles. The number of ether oxygens (including phenoxy) is 3. The van der Waals surface area contributed by atoms with Crippen LogP contribution in [0.5, 0.6) is 11.5 Å². The van der Waals surface area contributed by atoms with Gasteiger partial charge >= 0.3 is 0 Å². The van der Waals surface area contributed by atoms with Crippen LogP contribution >= 0.6 is 11.8 Å². The summed E-state index contributed by atoms with van der Waals surface area (Å²) in [5.74, 6) is 0.622. The summed E-state index contributed by atoms with van der Waals surface area (Å²) >= 11 is 1.22. The number of hydrogen-bond donors (Lipinski definition) is 1. The number of rotatable bonds is 7. The van der Waals surface area contributed by atoms with E-state index < -0.39 is 0 Å². The number of Topliss-reactive ketones (excluding diaryl/α,β-unsaturated/α-hetero) is 1. The third-order valence-electron chi connectivity index (χ3n) is 4.40. The van der Waals surface area contributed by atoms with Gasteiger partial charge in [0.2, 0.25) is 17.9 Å². The van der Waals surface area contributed by atoms with E-state index in [9.17, 15) is 9.59 Å². The maximum absolute atomic E-state index is 12.4. The molecular formula is C17H19N5O5S. The number of amides is 1. The highest BCUT2D eigenvalue weighted by Crippen LogP contribution is 2.37. The predicted octanol–water partition coefficient (Wildman–Crippen LogP) is 1.51. The summed E-state index contributed by atoms with van der Waals surface area (Å²) in [5, 5.41) is 14.9. The van der Waals surface area contributed by atoms with Gasteiger partial charge in [0.1, 0.15) is 0 Å². The molecule has 1 amide bonds. The van der Waals surface area contributed by atoms with E-state index in [1.165, 1.54) is 18.7 Å². The number of fused-ring (bicyclic) bond motifs is 1. The van der Waals surface area contributed by atoms with E-state index in [4.69, 9.17) is 14.2 Å². The molecule has 3 heterocycles. The molecule has 11 heteroatoms. The lowest BCUT2D eigenvalue weighted by Gasteiger charge is -2.11. The van der Waals surface area contributed by atoms with Crippen molar-refractivity contribution in [3.05, 3.63) is 17.7 Å². The lowest BCUT2D eigenvalue weighted by Crippen LogP contribution is -2.19. The fourth-order valence-corrected chi connectivity index (χ4v) is 3.74. The molecule has 4 rings (SSSR count). The molecule has 1 N–H and O–H groups in total. The maximum Gasteiger partial charge on any atom is 0.234 e. The lowest BCUT2D eigenvalue weighted by atomic mass is 10.1. The molecular weight excluding hydrogens is 386 g/mol. The molecule has 0 bridgehead atoms. The molecule has 0 saturated carbocycles. The second-order valence-corrected chi connectivity index (χ2v) is 7.37. The highest BCUT2D eigenvalue weighted by Gasteiger charge is 2.22. The summed E-state index contributed by atoms with van der Waals surface area (Å²) in [6.45, 7) is 2.84. The zero-order valence-electron chi connectivity index (χ0n) is 15.2. The van der Waals surface area contributed by atoms with Gasteiger partial charge in [-0.1, -0.05) is 11.8 Å². The van der Waals surface area contributed by atoms with Crippen LogP contribution in [0.25, 0.3) is 0 Å². The number of aromatic nitrogens is 4. The van der Waals surface area contributed by atoms with Gasteiger partial charge in [-0.2, -0.15) is 0 Å². The summed E-state index contributed by atoms with van der Waals surface area (Å²) < 4.78 is 17.9. The number of hydrogen-bond acceptors (Lipinski definition) is 9. The van der Waals surface area contributed by atoms with Crippen LogP contribution in [-0.4, -0.2) is 57.2 Å². The normalized spacial score (nSPS) is 17.7. The fraction of sp³-hybridized carbons (Fsp3) is 0.471. The van der Waals surface area contributed by atoms with Gasteiger partial charge in [-0.25, -0.2) is 4.68 Å². The van der Waals surface area contributed by atoms with Crippen LogP contribution in [0.15, 0.2) is 17.3 Å². The molecule has 28 heavy (non-hydrogen) atoms. The van der Waals surface area contributed by atoms with Crippen LogP contribution in [0, 0.1) is 0 Å². The van der Waals surface area contributed by atoms with Crippen molar-refractivity contribution in [1.82, 2.24) is 20.2 Å². The second-order valence-electron chi connectivity index (χ2n) is 6.42. The maximum atomic E-state index is 12.4. The van der Waals surface area contributed by atoms with Crippen LogP contribution in [0.1, 0.15) is 30.1 Å². The number of carbonyl (C=O) groups excluding carboxylic acids is 2. The Balaban J connectivity index is 1.39. The molecule has 2 aliphatic rings. The standard InChI is InChI=1S/C17H19N5O5S/c1-10(23)12-5-14-15(27-9-26-14)6-13(12)18-16(24)8-28-17-19-20-21-22(17)7-11-3-2-4-25-11/h5-6,11H,2-4,7-9H2,1H3,(H,18,24)/t11-/m1/s1. The molecule has 2 aromatic rings. The van der Waals surface area contributed by atoms with Gasteiger partial charge in [0.15, 0.2) is 17.3 Å². The van der Waals surface area contributed by atoms with Crippen molar-refractivity contribution >= 4 is 29.1 Å². The van der Waals surface area contributed by atoms with E-state index >= 15 is 0 Å². The zero-order valence-corrected chi connectivity index (χ0v) is 16.0. The third-order valence-corrected chi connectivity index (χ3v) is 5.36. The Morgan fingerprint density at radius 3 is 2.89 bits per heavy atom. The molecule has 0 unspecified atom stereocenters. The van der Waals surface area contributed by atoms with E-state index in [1.54, 1.807) is 16.8 Å². The van der Waals surface area contributed by atoms with Crippen molar-refractivity contribution in [2.75, 3.05) is 24.5 Å². The van der Waals surface area contributed by atoms with Gasteiger partial charge in [-0.3, -0.25) is 9.59 Å². The van der Waals surface area contributed by atoms with Gasteiger partial charge < -0.3 is 19.5 Å². The zero-order chi connectivity index (χ0) is 19.5. The van der Waals surface area contributed by atoms with Crippen molar-refractivity contribution < 1.29 is 23.8 Å². The van der Waals surface area contributed by atoms with Gasteiger partial charge in [0.05, 0.1) is 24.1 Å². The largest absolute Gasteiger partial charge is 0.454 e. The molecule has 2 aliphatic heterocycles. The van der Waals surface area contributed by atoms with Crippen molar-refractivity contribution in [3.63, 3.8) is 0 Å². The van der Waals surface area contributed by atoms with Crippen LogP contribution in [-0.2, 0) is 16.1 Å².